The van der Waals surface area contributed by atoms with Gasteiger partial charge in [0.15, 0.2) is 0 Å². The summed E-state index contributed by atoms with van der Waals surface area (Å²) >= 11 is 15.7. The van der Waals surface area contributed by atoms with Gasteiger partial charge < -0.3 is 15.0 Å². The lowest BCUT2D eigenvalue weighted by atomic mass is 10.1. The highest BCUT2D eigenvalue weighted by molar-refractivity contribution is 9.10. The zero-order chi connectivity index (χ0) is 31.2. The fourth-order valence-corrected chi connectivity index (χ4v) is 6.50. The van der Waals surface area contributed by atoms with Crippen molar-refractivity contribution in [1.82, 2.24) is 10.2 Å². The van der Waals surface area contributed by atoms with Crippen LogP contribution in [0.15, 0.2) is 70.0 Å². The van der Waals surface area contributed by atoms with Gasteiger partial charge in [-0.05, 0) is 83.7 Å². The maximum absolute atomic E-state index is 14.0. The first-order chi connectivity index (χ1) is 19.7. The molecule has 0 saturated heterocycles. The monoisotopic (exact) mass is 697 g/mol. The van der Waals surface area contributed by atoms with Gasteiger partial charge in [0, 0.05) is 13.1 Å². The summed E-state index contributed by atoms with van der Waals surface area (Å²) in [6.45, 7) is 7.28. The minimum Gasteiger partial charge on any atom is -0.496 e. The van der Waals surface area contributed by atoms with Crippen LogP contribution in [-0.4, -0.2) is 51.4 Å². The fourth-order valence-electron chi connectivity index (χ4n) is 4.04. The zero-order valence-corrected chi connectivity index (χ0v) is 27.9. The number of halogens is 3. The van der Waals surface area contributed by atoms with Gasteiger partial charge in [-0.25, -0.2) is 8.42 Å². The summed E-state index contributed by atoms with van der Waals surface area (Å²) in [6.07, 6.45) is 0. The molecular weight excluding hydrogens is 665 g/mol. The van der Waals surface area contributed by atoms with Crippen molar-refractivity contribution in [2.24, 2.45) is 5.92 Å². The van der Waals surface area contributed by atoms with E-state index in [0.29, 0.717) is 38.1 Å². The molecule has 0 aliphatic rings. The first-order valence-electron chi connectivity index (χ1n) is 13.2. The molecule has 1 atom stereocenters. The van der Waals surface area contributed by atoms with Gasteiger partial charge in [-0.15, -0.1) is 0 Å². The van der Waals surface area contributed by atoms with Crippen LogP contribution in [0.25, 0.3) is 0 Å². The molecule has 3 aromatic rings. The highest BCUT2D eigenvalue weighted by Gasteiger charge is 2.33. The number of nitrogens with one attached hydrogen (secondary N) is 1. The summed E-state index contributed by atoms with van der Waals surface area (Å²) in [4.78, 5) is 28.4. The van der Waals surface area contributed by atoms with E-state index in [1.54, 1.807) is 49.4 Å². The number of ether oxygens (including phenoxy) is 1. The topological polar surface area (TPSA) is 96.0 Å². The largest absolute Gasteiger partial charge is 0.496 e. The number of hydrogen-bond acceptors (Lipinski definition) is 5. The Labute approximate surface area is 266 Å². The molecule has 0 heterocycles. The second-order valence-electron chi connectivity index (χ2n) is 10.2. The van der Waals surface area contributed by atoms with Crippen molar-refractivity contribution >= 4 is 66.7 Å². The Morgan fingerprint density at radius 2 is 1.64 bits per heavy atom. The third-order valence-corrected chi connectivity index (χ3v) is 9.63. The molecule has 0 aliphatic carbocycles. The Kier molecular flexibility index (Phi) is 11.7. The molecule has 0 bridgehead atoms. The van der Waals surface area contributed by atoms with Crippen molar-refractivity contribution in [2.75, 3.05) is 24.5 Å². The SMILES string of the molecule is COc1ccc(S(=O)(=O)N(CC(=O)N(Cc2ccc(Cl)c(Cl)c2)[C@H](C)C(=O)NCC(C)C)c2ccc(C)cc2)cc1Br. The number of aryl methyl sites for hydroxylation is 1. The Bertz CT molecular complexity index is 1530. The number of nitrogens with zero attached hydrogens (tertiary/aromatic N) is 2. The van der Waals surface area contributed by atoms with E-state index in [-0.39, 0.29) is 23.3 Å². The van der Waals surface area contributed by atoms with Gasteiger partial charge in [-0.3, -0.25) is 13.9 Å². The molecule has 3 aromatic carbocycles. The number of amides is 2. The summed E-state index contributed by atoms with van der Waals surface area (Å²) in [5, 5.41) is 3.51. The fraction of sp³-hybridized carbons (Fsp3) is 0.333. The van der Waals surface area contributed by atoms with Crippen molar-refractivity contribution in [3.05, 3.63) is 86.3 Å². The lowest BCUT2D eigenvalue weighted by Gasteiger charge is -2.32. The molecule has 0 radical (unpaired) electrons. The summed E-state index contributed by atoms with van der Waals surface area (Å²) in [5.41, 5.74) is 1.85. The number of carbonyl (C=O) groups is 2. The minimum atomic E-state index is -4.23. The summed E-state index contributed by atoms with van der Waals surface area (Å²) in [5.74, 6) is -0.279. The molecule has 12 heteroatoms. The van der Waals surface area contributed by atoms with Crippen LogP contribution in [0.5, 0.6) is 5.75 Å². The molecule has 0 fully saturated rings. The first-order valence-corrected chi connectivity index (χ1v) is 16.2. The molecule has 0 aliphatic heterocycles. The normalized spacial score (nSPS) is 12.1. The predicted octanol–water partition coefficient (Wildman–Crippen LogP) is 6.46. The Balaban J connectivity index is 2.05. The van der Waals surface area contributed by atoms with Gasteiger partial charge in [-0.2, -0.15) is 0 Å². The molecule has 3 rings (SSSR count). The number of sulfonamides is 1. The van der Waals surface area contributed by atoms with Crippen LogP contribution < -0.4 is 14.4 Å². The number of rotatable bonds is 12. The number of hydrogen-bond donors (Lipinski definition) is 1. The van der Waals surface area contributed by atoms with Crippen LogP contribution in [0, 0.1) is 12.8 Å². The number of methoxy groups -OCH3 is 1. The first kappa shape index (κ1) is 33.7. The van der Waals surface area contributed by atoms with Gasteiger partial charge in [0.05, 0.1) is 32.2 Å². The number of carbonyl (C=O) groups excluding carboxylic acids is 2. The van der Waals surface area contributed by atoms with E-state index in [4.69, 9.17) is 27.9 Å². The van der Waals surface area contributed by atoms with Gasteiger partial charge >= 0.3 is 0 Å². The maximum atomic E-state index is 14.0. The van der Waals surface area contributed by atoms with Crippen molar-refractivity contribution in [3.63, 3.8) is 0 Å². The summed E-state index contributed by atoms with van der Waals surface area (Å²) in [7, 11) is -2.76. The molecule has 226 valence electrons. The summed E-state index contributed by atoms with van der Waals surface area (Å²) < 4.78 is 34.8. The van der Waals surface area contributed by atoms with Crippen LogP contribution in [0.2, 0.25) is 10.0 Å². The second kappa shape index (κ2) is 14.6. The third-order valence-electron chi connectivity index (χ3n) is 6.50. The van der Waals surface area contributed by atoms with E-state index in [9.17, 15) is 18.0 Å². The molecule has 0 aromatic heterocycles. The molecule has 0 unspecified atom stereocenters. The van der Waals surface area contributed by atoms with Gasteiger partial charge in [0.25, 0.3) is 10.0 Å². The van der Waals surface area contributed by atoms with Gasteiger partial charge in [0.2, 0.25) is 11.8 Å². The van der Waals surface area contributed by atoms with Crippen LogP contribution in [0.4, 0.5) is 5.69 Å². The van der Waals surface area contributed by atoms with E-state index in [2.05, 4.69) is 21.2 Å². The Morgan fingerprint density at radius 1 is 0.976 bits per heavy atom. The molecule has 2 amide bonds. The van der Waals surface area contributed by atoms with Crippen LogP contribution in [-0.2, 0) is 26.2 Å². The molecule has 1 N–H and O–H groups in total. The average molecular weight is 699 g/mol. The van der Waals surface area contributed by atoms with Crippen molar-refractivity contribution in [2.45, 2.75) is 45.2 Å². The van der Waals surface area contributed by atoms with Crippen LogP contribution >= 0.6 is 39.1 Å². The lowest BCUT2D eigenvalue weighted by Crippen LogP contribution is -2.51. The van der Waals surface area contributed by atoms with Crippen molar-refractivity contribution < 1.29 is 22.7 Å². The Hall–Kier alpha value is -2.79. The van der Waals surface area contributed by atoms with Crippen molar-refractivity contribution in [3.8, 4) is 5.75 Å². The highest BCUT2D eigenvalue weighted by atomic mass is 79.9. The third kappa shape index (κ3) is 8.40. The van der Waals surface area contributed by atoms with Crippen LogP contribution in [0.3, 0.4) is 0 Å². The zero-order valence-electron chi connectivity index (χ0n) is 24.0. The maximum Gasteiger partial charge on any atom is 0.264 e. The van der Waals surface area contributed by atoms with Gasteiger partial charge in [0.1, 0.15) is 18.3 Å². The van der Waals surface area contributed by atoms with E-state index in [1.165, 1.54) is 30.2 Å². The number of anilines is 1. The molecule has 42 heavy (non-hydrogen) atoms. The number of benzene rings is 3. The molecular formula is C30H34BrCl2N3O5S. The van der Waals surface area contributed by atoms with E-state index < -0.39 is 28.5 Å². The summed E-state index contributed by atoms with van der Waals surface area (Å²) in [6, 6.07) is 15.2. The van der Waals surface area contributed by atoms with E-state index in [1.807, 2.05) is 20.8 Å². The molecule has 0 spiro atoms. The smallest absolute Gasteiger partial charge is 0.264 e. The second-order valence-corrected chi connectivity index (χ2v) is 13.8. The lowest BCUT2D eigenvalue weighted by molar-refractivity contribution is -0.139. The average Bonchev–Trinajstić information content (AvgIpc) is 2.95. The molecule has 0 saturated carbocycles. The van der Waals surface area contributed by atoms with Crippen molar-refractivity contribution in [1.29, 1.82) is 0 Å². The quantitative estimate of drug-likeness (QED) is 0.234. The van der Waals surface area contributed by atoms with E-state index in [0.717, 1.165) is 9.87 Å². The van der Waals surface area contributed by atoms with E-state index >= 15 is 0 Å². The highest BCUT2D eigenvalue weighted by Crippen LogP contribution is 2.31. The standard InChI is InChI=1S/C30H34BrCl2N3O5S/c1-19(2)16-34-30(38)21(4)35(17-22-8-12-26(32)27(33)14-22)29(37)18-36(23-9-6-20(3)7-10-23)42(39,40)24-11-13-28(41-5)25(31)15-24/h6-15,19,21H,16-18H2,1-5H3,(H,34,38)/t21-/m1/s1. The minimum absolute atomic E-state index is 0.00184. The van der Waals surface area contributed by atoms with Crippen LogP contribution in [0.1, 0.15) is 31.9 Å². The molecule has 8 nitrogen and oxygen atoms in total. The van der Waals surface area contributed by atoms with Gasteiger partial charge in [-0.1, -0.05) is 60.8 Å². The predicted molar refractivity (Wildman–Crippen MR) is 171 cm³/mol. The Morgan fingerprint density at radius 3 is 2.21 bits per heavy atom.